The zero-order valence-corrected chi connectivity index (χ0v) is 18.4. The van der Waals surface area contributed by atoms with Crippen LogP contribution in [0, 0.1) is 0 Å². The number of nitrogens with one attached hydrogen (secondary N) is 2. The van der Waals surface area contributed by atoms with Gasteiger partial charge in [0, 0.05) is 29.6 Å². The number of hydrogen-bond donors (Lipinski definition) is 3. The molecule has 2 aromatic carbocycles. The fraction of sp³-hybridized carbons (Fsp3) is 0.143. The van der Waals surface area contributed by atoms with Crippen LogP contribution in [0.2, 0.25) is 0 Å². The molecule has 1 heterocycles. The second-order valence-corrected chi connectivity index (χ2v) is 8.35. The minimum Gasteiger partial charge on any atom is -0.492 e. The Balaban J connectivity index is 1.85. The van der Waals surface area contributed by atoms with Crippen LogP contribution in [-0.2, 0) is 10.0 Å². The molecule has 180 valence electrons. The number of amides is 1. The number of aromatic nitrogens is 1. The molecule has 0 spiro atoms. The third kappa shape index (κ3) is 6.51. The number of carbonyl (C=O) groups excluding carboxylic acids is 1. The molecule has 0 saturated carbocycles. The standard InChI is InChI=1S/C21H19F3N4O5S/c1-2-32-17-12-14(27-20(29)13-8-9-26-19(25)10-13)6-7-18(17)34(30,31)28-15-4-3-5-16(11-15)33-21(22,23)24/h3-12,28H,2H2,1H3,(H2,25,26)(H,27,29). The first-order valence-corrected chi connectivity index (χ1v) is 11.1. The number of nitrogens with zero attached hydrogens (tertiary/aromatic N) is 1. The van der Waals surface area contributed by atoms with Crippen molar-refractivity contribution >= 4 is 33.1 Å². The highest BCUT2D eigenvalue weighted by Gasteiger charge is 2.31. The molecular formula is C21H19F3N4O5S. The van der Waals surface area contributed by atoms with E-state index in [1.165, 1.54) is 48.7 Å². The summed E-state index contributed by atoms with van der Waals surface area (Å²) in [5.41, 5.74) is 5.90. The van der Waals surface area contributed by atoms with Crippen molar-refractivity contribution in [3.8, 4) is 11.5 Å². The summed E-state index contributed by atoms with van der Waals surface area (Å²) in [5, 5.41) is 2.60. The Labute approximate surface area is 192 Å². The average molecular weight is 496 g/mol. The van der Waals surface area contributed by atoms with Crippen LogP contribution in [-0.4, -0.2) is 32.3 Å². The fourth-order valence-electron chi connectivity index (χ4n) is 2.84. The highest BCUT2D eigenvalue weighted by Crippen LogP contribution is 2.31. The molecule has 34 heavy (non-hydrogen) atoms. The van der Waals surface area contributed by atoms with Gasteiger partial charge in [0.25, 0.3) is 15.9 Å². The maximum Gasteiger partial charge on any atom is 0.573 e. The van der Waals surface area contributed by atoms with Crippen LogP contribution in [0.25, 0.3) is 0 Å². The first-order chi connectivity index (χ1) is 16.0. The topological polar surface area (TPSA) is 133 Å². The molecular weight excluding hydrogens is 477 g/mol. The minimum absolute atomic E-state index is 0.0789. The van der Waals surface area contributed by atoms with E-state index in [1.54, 1.807) is 6.92 Å². The van der Waals surface area contributed by atoms with E-state index in [1.807, 2.05) is 0 Å². The van der Waals surface area contributed by atoms with Gasteiger partial charge in [-0.05, 0) is 43.3 Å². The van der Waals surface area contributed by atoms with Crippen molar-refractivity contribution in [2.24, 2.45) is 0 Å². The Kier molecular flexibility index (Phi) is 7.15. The summed E-state index contributed by atoms with van der Waals surface area (Å²) in [7, 11) is -4.28. The largest absolute Gasteiger partial charge is 0.573 e. The van der Waals surface area contributed by atoms with Crippen LogP contribution in [0.4, 0.5) is 30.4 Å². The number of carbonyl (C=O) groups is 1. The summed E-state index contributed by atoms with van der Waals surface area (Å²) < 4.78 is 74.6. The minimum atomic E-state index is -4.93. The van der Waals surface area contributed by atoms with Crippen molar-refractivity contribution in [3.05, 3.63) is 66.4 Å². The van der Waals surface area contributed by atoms with E-state index in [0.29, 0.717) is 0 Å². The van der Waals surface area contributed by atoms with Gasteiger partial charge in [0.2, 0.25) is 0 Å². The fourth-order valence-corrected chi connectivity index (χ4v) is 4.01. The maximum absolute atomic E-state index is 12.9. The van der Waals surface area contributed by atoms with E-state index in [-0.39, 0.29) is 40.0 Å². The number of nitrogens with two attached hydrogens (primary N) is 1. The lowest BCUT2D eigenvalue weighted by Gasteiger charge is -2.15. The van der Waals surface area contributed by atoms with Gasteiger partial charge in [0.1, 0.15) is 22.2 Å². The molecule has 3 aromatic rings. The predicted molar refractivity (Wildman–Crippen MR) is 118 cm³/mol. The lowest BCUT2D eigenvalue weighted by atomic mass is 10.2. The van der Waals surface area contributed by atoms with Gasteiger partial charge in [-0.25, -0.2) is 13.4 Å². The van der Waals surface area contributed by atoms with Crippen molar-refractivity contribution in [1.82, 2.24) is 4.98 Å². The molecule has 0 aliphatic carbocycles. The van der Waals surface area contributed by atoms with Gasteiger partial charge < -0.3 is 20.5 Å². The Morgan fingerprint density at radius 2 is 1.85 bits per heavy atom. The molecule has 0 aliphatic rings. The number of sulfonamides is 1. The predicted octanol–water partition coefficient (Wildman–Crippen LogP) is 4.01. The number of ether oxygens (including phenoxy) is 2. The van der Waals surface area contributed by atoms with E-state index >= 15 is 0 Å². The highest BCUT2D eigenvalue weighted by atomic mass is 32.2. The Morgan fingerprint density at radius 3 is 2.53 bits per heavy atom. The number of benzene rings is 2. The SMILES string of the molecule is CCOc1cc(NC(=O)c2ccnc(N)c2)ccc1S(=O)(=O)Nc1cccc(OC(F)(F)F)c1. The third-order valence-corrected chi connectivity index (χ3v) is 5.57. The van der Waals surface area contributed by atoms with E-state index in [4.69, 9.17) is 10.5 Å². The molecule has 0 unspecified atom stereocenters. The second-order valence-electron chi connectivity index (χ2n) is 6.70. The highest BCUT2D eigenvalue weighted by molar-refractivity contribution is 7.92. The van der Waals surface area contributed by atoms with Gasteiger partial charge in [-0.3, -0.25) is 9.52 Å². The van der Waals surface area contributed by atoms with Crippen LogP contribution in [0.3, 0.4) is 0 Å². The second kappa shape index (κ2) is 9.87. The van der Waals surface area contributed by atoms with E-state index in [9.17, 15) is 26.4 Å². The molecule has 0 aliphatic heterocycles. The van der Waals surface area contributed by atoms with Crippen LogP contribution < -0.4 is 25.2 Å². The first kappa shape index (κ1) is 24.6. The van der Waals surface area contributed by atoms with Crippen molar-refractivity contribution in [1.29, 1.82) is 0 Å². The van der Waals surface area contributed by atoms with Crippen molar-refractivity contribution in [2.75, 3.05) is 22.4 Å². The van der Waals surface area contributed by atoms with Crippen LogP contribution in [0.1, 0.15) is 17.3 Å². The van der Waals surface area contributed by atoms with Gasteiger partial charge in [-0.2, -0.15) is 0 Å². The average Bonchev–Trinajstić information content (AvgIpc) is 2.72. The summed E-state index contributed by atoms with van der Waals surface area (Å²) in [6, 6.07) is 11.0. The number of pyridine rings is 1. The monoisotopic (exact) mass is 496 g/mol. The lowest BCUT2D eigenvalue weighted by molar-refractivity contribution is -0.274. The summed E-state index contributed by atoms with van der Waals surface area (Å²) in [5.74, 6) is -1.02. The Bertz CT molecular complexity index is 1300. The maximum atomic E-state index is 12.9. The molecule has 13 heteroatoms. The normalized spacial score (nSPS) is 11.5. The number of halogens is 3. The molecule has 9 nitrogen and oxygen atoms in total. The molecule has 0 bridgehead atoms. The summed E-state index contributed by atoms with van der Waals surface area (Å²) in [4.78, 5) is 15.9. The van der Waals surface area contributed by atoms with Crippen LogP contribution >= 0.6 is 0 Å². The van der Waals surface area contributed by atoms with Gasteiger partial charge in [0.15, 0.2) is 0 Å². The molecule has 0 radical (unpaired) electrons. The zero-order valence-electron chi connectivity index (χ0n) is 17.6. The van der Waals surface area contributed by atoms with E-state index < -0.39 is 28.0 Å². The molecule has 0 saturated heterocycles. The number of alkyl halides is 3. The molecule has 1 aromatic heterocycles. The molecule has 3 rings (SSSR count). The molecule has 4 N–H and O–H groups in total. The number of hydrogen-bond acceptors (Lipinski definition) is 7. The third-order valence-electron chi connectivity index (χ3n) is 4.15. The molecule has 0 atom stereocenters. The Morgan fingerprint density at radius 1 is 1.09 bits per heavy atom. The number of nitrogen functional groups attached to an aromatic ring is 1. The van der Waals surface area contributed by atoms with Gasteiger partial charge in [-0.15, -0.1) is 13.2 Å². The van der Waals surface area contributed by atoms with Crippen LogP contribution in [0.5, 0.6) is 11.5 Å². The van der Waals surface area contributed by atoms with E-state index in [2.05, 4.69) is 19.8 Å². The van der Waals surface area contributed by atoms with Crippen LogP contribution in [0.15, 0.2) is 65.7 Å². The molecule has 1 amide bonds. The smallest absolute Gasteiger partial charge is 0.492 e. The quantitative estimate of drug-likeness (QED) is 0.429. The van der Waals surface area contributed by atoms with E-state index in [0.717, 1.165) is 12.1 Å². The number of anilines is 3. The van der Waals surface area contributed by atoms with Crippen molar-refractivity contribution < 1.29 is 35.9 Å². The zero-order chi connectivity index (χ0) is 24.9. The number of rotatable bonds is 8. The van der Waals surface area contributed by atoms with Gasteiger partial charge in [-0.1, -0.05) is 6.07 Å². The summed E-state index contributed by atoms with van der Waals surface area (Å²) >= 11 is 0. The lowest BCUT2D eigenvalue weighted by Crippen LogP contribution is -2.18. The van der Waals surface area contributed by atoms with Gasteiger partial charge in [0.05, 0.1) is 12.3 Å². The first-order valence-electron chi connectivity index (χ1n) is 9.65. The van der Waals surface area contributed by atoms with Crippen molar-refractivity contribution in [3.63, 3.8) is 0 Å². The molecule has 0 fully saturated rings. The summed E-state index contributed by atoms with van der Waals surface area (Å²) in [6.07, 6.45) is -3.56. The van der Waals surface area contributed by atoms with Crippen molar-refractivity contribution in [2.45, 2.75) is 18.2 Å². The Hall–Kier alpha value is -4.00. The summed E-state index contributed by atoms with van der Waals surface area (Å²) in [6.45, 7) is 1.74. The van der Waals surface area contributed by atoms with Gasteiger partial charge >= 0.3 is 6.36 Å².